The van der Waals surface area contributed by atoms with Gasteiger partial charge in [0.05, 0.1) is 27.3 Å². The number of fused-ring (bicyclic) bond motifs is 2. The molecule has 3 aromatic heterocycles. The zero-order chi connectivity index (χ0) is 19.2. The van der Waals surface area contributed by atoms with Gasteiger partial charge in [-0.1, -0.05) is 35.5 Å². The molecule has 1 aromatic carbocycles. The lowest BCUT2D eigenvalue weighted by molar-refractivity contribution is -0.137. The van der Waals surface area contributed by atoms with Crippen LogP contribution in [0.5, 0.6) is 0 Å². The van der Waals surface area contributed by atoms with Gasteiger partial charge >= 0.3 is 6.18 Å². The first-order chi connectivity index (χ1) is 12.9. The first-order valence-corrected chi connectivity index (χ1v) is 9.55. The molecule has 4 rings (SSSR count). The van der Waals surface area contributed by atoms with Crippen LogP contribution in [0.3, 0.4) is 0 Å². The van der Waals surface area contributed by atoms with E-state index in [0.717, 1.165) is 35.0 Å². The third-order valence-corrected chi connectivity index (χ3v) is 5.46. The Morgan fingerprint density at radius 1 is 1.15 bits per heavy atom. The molecule has 0 radical (unpaired) electrons. The lowest BCUT2D eigenvalue weighted by atomic mass is 10.3. The minimum absolute atomic E-state index is 0.0260. The molecule has 4 aromatic rings. The molecule has 0 atom stereocenters. The molecule has 140 valence electrons. The molecule has 0 saturated carbocycles. The van der Waals surface area contributed by atoms with Crippen molar-refractivity contribution in [3.05, 3.63) is 59.0 Å². The second kappa shape index (κ2) is 6.76. The summed E-state index contributed by atoms with van der Waals surface area (Å²) in [5, 5.41) is 0.819. The number of benzene rings is 1. The number of hydrogen-bond donors (Lipinski definition) is 0. The van der Waals surface area contributed by atoms with Crippen molar-refractivity contribution in [2.24, 2.45) is 0 Å². The molecule has 0 aliphatic carbocycles. The summed E-state index contributed by atoms with van der Waals surface area (Å²) in [5.41, 5.74) is 2.11. The van der Waals surface area contributed by atoms with Gasteiger partial charge in [0.1, 0.15) is 0 Å². The Balaban J connectivity index is 1.64. The van der Waals surface area contributed by atoms with E-state index in [-0.39, 0.29) is 5.02 Å². The number of aromatic nitrogens is 4. The van der Waals surface area contributed by atoms with Crippen LogP contribution in [0.1, 0.15) is 18.2 Å². The summed E-state index contributed by atoms with van der Waals surface area (Å²) in [4.78, 5) is 9.00. The largest absolute Gasteiger partial charge is 0.417 e. The van der Waals surface area contributed by atoms with Crippen molar-refractivity contribution in [3.63, 3.8) is 0 Å². The Labute approximate surface area is 162 Å². The predicted molar refractivity (Wildman–Crippen MR) is 100 cm³/mol. The van der Waals surface area contributed by atoms with Crippen molar-refractivity contribution in [1.82, 2.24) is 18.9 Å². The normalized spacial score (nSPS) is 12.3. The van der Waals surface area contributed by atoms with Crippen LogP contribution in [0.25, 0.3) is 16.7 Å². The highest BCUT2D eigenvalue weighted by Crippen LogP contribution is 2.33. The number of para-hydroxylation sites is 2. The number of thioether (sulfide) groups is 1. The van der Waals surface area contributed by atoms with E-state index in [9.17, 15) is 13.2 Å². The van der Waals surface area contributed by atoms with Crippen LogP contribution in [0.2, 0.25) is 5.02 Å². The fourth-order valence-electron chi connectivity index (χ4n) is 2.94. The van der Waals surface area contributed by atoms with Gasteiger partial charge in [-0.15, -0.1) is 0 Å². The highest BCUT2D eigenvalue weighted by atomic mass is 35.5. The molecular weight excluding hydrogens is 397 g/mol. The van der Waals surface area contributed by atoms with Gasteiger partial charge in [0.25, 0.3) is 0 Å². The van der Waals surface area contributed by atoms with E-state index in [2.05, 4.69) is 14.5 Å². The van der Waals surface area contributed by atoms with Crippen LogP contribution < -0.4 is 0 Å². The quantitative estimate of drug-likeness (QED) is 0.407. The van der Waals surface area contributed by atoms with Crippen molar-refractivity contribution in [3.8, 4) is 0 Å². The number of pyridine rings is 1. The van der Waals surface area contributed by atoms with Crippen molar-refractivity contribution in [1.29, 1.82) is 0 Å². The molecule has 0 saturated heterocycles. The molecule has 0 bridgehead atoms. The molecule has 0 aliphatic heterocycles. The number of hydrogen-bond acceptors (Lipinski definition) is 3. The number of aryl methyl sites for hydroxylation is 1. The summed E-state index contributed by atoms with van der Waals surface area (Å²) >= 11 is 7.49. The second-order valence-corrected chi connectivity index (χ2v) is 7.30. The van der Waals surface area contributed by atoms with Crippen molar-refractivity contribution in [2.75, 3.05) is 0 Å². The fraction of sp³-hybridized carbons (Fsp3) is 0.222. The monoisotopic (exact) mass is 410 g/mol. The lowest BCUT2D eigenvalue weighted by Gasteiger charge is -2.07. The van der Waals surface area contributed by atoms with E-state index < -0.39 is 11.7 Å². The molecule has 27 heavy (non-hydrogen) atoms. The number of alkyl halides is 3. The molecule has 0 unspecified atom stereocenters. The number of imidazole rings is 2. The maximum absolute atomic E-state index is 12.9. The zero-order valence-corrected chi connectivity index (χ0v) is 15.7. The van der Waals surface area contributed by atoms with E-state index >= 15 is 0 Å². The Bertz CT molecular complexity index is 1130. The minimum Gasteiger partial charge on any atom is -0.319 e. The Morgan fingerprint density at radius 2 is 1.93 bits per heavy atom. The molecule has 9 heteroatoms. The van der Waals surface area contributed by atoms with Gasteiger partial charge in [0.2, 0.25) is 0 Å². The minimum atomic E-state index is -4.46. The standard InChI is InChI=1S/C18H14ClF3N4S/c1-2-26-15-6-4-3-5-14(15)24-17(26)27-10-12-9-25-8-11(18(20,21)22)7-13(19)16(25)23-12/h3-9H,2,10H2,1H3. The first kappa shape index (κ1) is 18.2. The van der Waals surface area contributed by atoms with Gasteiger partial charge in [0, 0.05) is 24.7 Å². The average molecular weight is 411 g/mol. The Morgan fingerprint density at radius 3 is 2.67 bits per heavy atom. The summed E-state index contributed by atoms with van der Waals surface area (Å²) in [7, 11) is 0. The van der Waals surface area contributed by atoms with Gasteiger partial charge in [0.15, 0.2) is 10.8 Å². The molecule has 0 fully saturated rings. The molecule has 4 nitrogen and oxygen atoms in total. The van der Waals surface area contributed by atoms with Crippen molar-refractivity contribution >= 4 is 40.0 Å². The van der Waals surface area contributed by atoms with Gasteiger partial charge in [-0.25, -0.2) is 9.97 Å². The average Bonchev–Trinajstić information content (AvgIpc) is 3.19. The SMILES string of the molecule is CCn1c(SCc2cn3cc(C(F)(F)F)cc(Cl)c3n2)nc2ccccc21. The van der Waals surface area contributed by atoms with E-state index in [1.54, 1.807) is 6.20 Å². The van der Waals surface area contributed by atoms with Gasteiger partial charge in [-0.3, -0.25) is 0 Å². The first-order valence-electron chi connectivity index (χ1n) is 8.19. The third-order valence-electron chi connectivity index (χ3n) is 4.17. The van der Waals surface area contributed by atoms with Gasteiger partial charge in [-0.05, 0) is 25.1 Å². The number of halogens is 4. The molecule has 0 aliphatic rings. The summed E-state index contributed by atoms with van der Waals surface area (Å²) in [5.74, 6) is 0.475. The van der Waals surface area contributed by atoms with Gasteiger partial charge < -0.3 is 8.97 Å². The smallest absolute Gasteiger partial charge is 0.319 e. The highest BCUT2D eigenvalue weighted by molar-refractivity contribution is 7.98. The summed E-state index contributed by atoms with van der Waals surface area (Å²) in [6.45, 7) is 2.82. The molecular formula is C18H14ClF3N4S. The highest BCUT2D eigenvalue weighted by Gasteiger charge is 2.31. The van der Waals surface area contributed by atoms with Crippen LogP contribution in [-0.4, -0.2) is 18.9 Å². The van der Waals surface area contributed by atoms with Crippen molar-refractivity contribution in [2.45, 2.75) is 30.6 Å². The number of nitrogens with zero attached hydrogens (tertiary/aromatic N) is 4. The second-order valence-electron chi connectivity index (χ2n) is 5.95. The van der Waals surface area contributed by atoms with E-state index in [1.807, 2.05) is 31.2 Å². The van der Waals surface area contributed by atoms with Crippen LogP contribution in [-0.2, 0) is 18.5 Å². The van der Waals surface area contributed by atoms with Crippen LogP contribution in [0.4, 0.5) is 13.2 Å². The summed E-state index contributed by atoms with van der Waals surface area (Å²) < 4.78 is 42.3. The van der Waals surface area contributed by atoms with Crippen LogP contribution in [0, 0.1) is 0 Å². The third kappa shape index (κ3) is 3.39. The molecule has 0 N–H and O–H groups in total. The van der Waals surface area contributed by atoms with Gasteiger partial charge in [-0.2, -0.15) is 13.2 Å². The lowest BCUT2D eigenvalue weighted by Crippen LogP contribution is -2.06. The maximum Gasteiger partial charge on any atom is 0.417 e. The molecule has 3 heterocycles. The Hall–Kier alpha value is -2.19. The number of rotatable bonds is 4. The molecule has 0 amide bonds. The topological polar surface area (TPSA) is 35.1 Å². The van der Waals surface area contributed by atoms with Crippen LogP contribution >= 0.6 is 23.4 Å². The fourth-order valence-corrected chi connectivity index (χ4v) is 4.16. The Kier molecular flexibility index (Phi) is 4.55. The predicted octanol–water partition coefficient (Wildman–Crippen LogP) is 5.67. The maximum atomic E-state index is 12.9. The molecule has 0 spiro atoms. The van der Waals surface area contributed by atoms with Crippen LogP contribution in [0.15, 0.2) is 47.9 Å². The van der Waals surface area contributed by atoms with Crippen molar-refractivity contribution < 1.29 is 13.2 Å². The van der Waals surface area contributed by atoms with E-state index in [1.165, 1.54) is 16.2 Å². The summed E-state index contributed by atoms with van der Waals surface area (Å²) in [6.07, 6.45) is -1.88. The zero-order valence-electron chi connectivity index (χ0n) is 14.2. The van der Waals surface area contributed by atoms with E-state index in [4.69, 9.17) is 11.6 Å². The van der Waals surface area contributed by atoms with E-state index in [0.29, 0.717) is 17.1 Å². The summed E-state index contributed by atoms with van der Waals surface area (Å²) in [6, 6.07) is 8.77.